The maximum atomic E-state index is 12.7. The predicted molar refractivity (Wildman–Crippen MR) is 88.5 cm³/mol. The van der Waals surface area contributed by atoms with Crippen LogP contribution in [0.4, 0.5) is 5.69 Å². The highest BCUT2D eigenvalue weighted by atomic mass is 16.6. The number of hydrogen-bond acceptors (Lipinski definition) is 3. The first-order valence-electron chi connectivity index (χ1n) is 7.59. The topological polar surface area (TPSA) is 55.4 Å². The van der Waals surface area contributed by atoms with E-state index in [1.807, 2.05) is 44.2 Å². The van der Waals surface area contributed by atoms with Crippen LogP contribution < -0.4 is 5.32 Å². The lowest BCUT2D eigenvalue weighted by Gasteiger charge is -2.33. The van der Waals surface area contributed by atoms with Gasteiger partial charge in [0.15, 0.2) is 5.60 Å². The molecule has 1 heterocycles. The highest BCUT2D eigenvalue weighted by molar-refractivity contribution is 6.02. The van der Waals surface area contributed by atoms with E-state index in [0.29, 0.717) is 12.0 Å². The number of ether oxygens (including phenoxy) is 1. The molecular formula is C19H19NO3. The first-order chi connectivity index (χ1) is 10.9. The van der Waals surface area contributed by atoms with Crippen molar-refractivity contribution in [2.45, 2.75) is 32.8 Å². The van der Waals surface area contributed by atoms with Crippen molar-refractivity contribution < 1.29 is 14.3 Å². The third kappa shape index (κ3) is 2.84. The van der Waals surface area contributed by atoms with Gasteiger partial charge in [0.1, 0.15) is 0 Å². The van der Waals surface area contributed by atoms with E-state index in [-0.39, 0.29) is 5.91 Å². The summed E-state index contributed by atoms with van der Waals surface area (Å²) in [5.74, 6) is -0.764. The first-order valence-corrected chi connectivity index (χ1v) is 7.59. The summed E-state index contributed by atoms with van der Waals surface area (Å²) in [5.41, 5.74) is 2.93. The van der Waals surface area contributed by atoms with Gasteiger partial charge in [0, 0.05) is 12.1 Å². The molecule has 1 aliphatic rings. The van der Waals surface area contributed by atoms with Gasteiger partial charge in [-0.2, -0.15) is 0 Å². The average molecular weight is 309 g/mol. The molecule has 1 amide bonds. The highest BCUT2D eigenvalue weighted by Gasteiger charge is 2.42. The fourth-order valence-electron chi connectivity index (χ4n) is 2.78. The van der Waals surface area contributed by atoms with E-state index in [0.717, 1.165) is 22.4 Å². The molecule has 0 fully saturated rings. The van der Waals surface area contributed by atoms with E-state index in [1.54, 1.807) is 19.1 Å². The number of esters is 1. The number of fused-ring (bicyclic) bond motifs is 1. The van der Waals surface area contributed by atoms with Gasteiger partial charge in [-0.1, -0.05) is 30.3 Å². The third-order valence-corrected chi connectivity index (χ3v) is 4.20. The van der Waals surface area contributed by atoms with Crippen molar-refractivity contribution in [3.8, 4) is 0 Å². The van der Waals surface area contributed by atoms with Crippen LogP contribution in [0.3, 0.4) is 0 Å². The average Bonchev–Trinajstić information content (AvgIpc) is 2.51. The van der Waals surface area contributed by atoms with E-state index in [1.165, 1.54) is 0 Å². The second-order valence-electron chi connectivity index (χ2n) is 6.23. The summed E-state index contributed by atoms with van der Waals surface area (Å²) in [6, 6.07) is 13.1. The van der Waals surface area contributed by atoms with E-state index in [4.69, 9.17) is 4.74 Å². The number of rotatable bonds is 2. The monoisotopic (exact) mass is 309 g/mol. The lowest BCUT2D eigenvalue weighted by atomic mass is 9.89. The van der Waals surface area contributed by atoms with Crippen LogP contribution in [0, 0.1) is 13.8 Å². The lowest BCUT2D eigenvalue weighted by molar-refractivity contribution is -0.134. The summed E-state index contributed by atoms with van der Waals surface area (Å²) in [4.78, 5) is 24.9. The number of aryl methyl sites for hydroxylation is 2. The smallest absolute Gasteiger partial charge is 0.339 e. The number of benzene rings is 2. The Bertz CT molecular complexity index is 797. The minimum Gasteiger partial charge on any atom is -0.445 e. The molecule has 3 rings (SSSR count). The molecule has 1 N–H and O–H groups in total. The number of cyclic esters (lactones) is 1. The van der Waals surface area contributed by atoms with Crippen molar-refractivity contribution in [1.82, 2.24) is 0 Å². The molecule has 0 aliphatic carbocycles. The van der Waals surface area contributed by atoms with E-state index in [9.17, 15) is 9.59 Å². The zero-order valence-corrected chi connectivity index (χ0v) is 13.5. The molecule has 2 aromatic rings. The number of anilines is 1. The zero-order chi connectivity index (χ0) is 16.6. The summed E-state index contributed by atoms with van der Waals surface area (Å²) in [6.07, 6.45) is 0.367. The van der Waals surface area contributed by atoms with Gasteiger partial charge in [0.05, 0.1) is 5.56 Å². The van der Waals surface area contributed by atoms with Crippen LogP contribution in [0.2, 0.25) is 0 Å². The van der Waals surface area contributed by atoms with Crippen molar-refractivity contribution in [2.24, 2.45) is 0 Å². The number of nitrogens with one attached hydrogen (secondary N) is 1. The summed E-state index contributed by atoms with van der Waals surface area (Å²) in [7, 11) is 0. The third-order valence-electron chi connectivity index (χ3n) is 4.20. The Morgan fingerprint density at radius 3 is 2.70 bits per heavy atom. The van der Waals surface area contributed by atoms with Gasteiger partial charge in [-0.25, -0.2) is 4.79 Å². The Labute approximate surface area is 135 Å². The van der Waals surface area contributed by atoms with Crippen molar-refractivity contribution in [2.75, 3.05) is 5.32 Å². The van der Waals surface area contributed by atoms with Gasteiger partial charge >= 0.3 is 5.97 Å². The van der Waals surface area contributed by atoms with Crippen molar-refractivity contribution in [3.05, 3.63) is 64.7 Å². The fourth-order valence-corrected chi connectivity index (χ4v) is 2.78. The van der Waals surface area contributed by atoms with Crippen LogP contribution in [0.1, 0.15) is 34.0 Å². The lowest BCUT2D eigenvalue weighted by Crippen LogP contribution is -2.49. The molecule has 118 valence electrons. The predicted octanol–water partition coefficient (Wildman–Crippen LogP) is 3.41. The number of carbonyl (C=O) groups excluding carboxylic acids is 2. The van der Waals surface area contributed by atoms with Crippen LogP contribution >= 0.6 is 0 Å². The second kappa shape index (κ2) is 5.54. The Morgan fingerprint density at radius 1 is 1.17 bits per heavy atom. The van der Waals surface area contributed by atoms with Crippen molar-refractivity contribution in [3.63, 3.8) is 0 Å². The molecule has 0 bridgehead atoms. The molecule has 1 atom stereocenters. The Morgan fingerprint density at radius 2 is 1.91 bits per heavy atom. The molecule has 0 aromatic heterocycles. The number of carbonyl (C=O) groups is 2. The summed E-state index contributed by atoms with van der Waals surface area (Å²) < 4.78 is 5.45. The molecule has 1 aliphatic heterocycles. The fraction of sp³-hybridized carbons (Fsp3) is 0.263. The normalized spacial score (nSPS) is 19.7. The minimum atomic E-state index is -1.21. The first kappa shape index (κ1) is 15.3. The summed E-state index contributed by atoms with van der Waals surface area (Å²) in [5, 5.41) is 2.90. The zero-order valence-electron chi connectivity index (χ0n) is 13.5. The van der Waals surface area contributed by atoms with Crippen LogP contribution in [-0.2, 0) is 16.0 Å². The molecule has 0 radical (unpaired) electrons. The molecule has 4 nitrogen and oxygen atoms in total. The minimum absolute atomic E-state index is 0.311. The molecule has 23 heavy (non-hydrogen) atoms. The molecule has 0 saturated carbocycles. The Hall–Kier alpha value is -2.62. The van der Waals surface area contributed by atoms with Crippen LogP contribution in [-0.4, -0.2) is 17.5 Å². The molecular weight excluding hydrogens is 290 g/mol. The Balaban J connectivity index is 1.88. The summed E-state index contributed by atoms with van der Waals surface area (Å²) in [6.45, 7) is 5.55. The molecule has 0 spiro atoms. The number of hydrogen-bond donors (Lipinski definition) is 1. The molecule has 2 aromatic carbocycles. The SMILES string of the molecule is Cc1ccc(C)c(NC(=O)C2(C)Cc3ccccc3C(=O)O2)c1. The van der Waals surface area contributed by atoms with Gasteiger partial charge in [-0.3, -0.25) is 4.79 Å². The van der Waals surface area contributed by atoms with Crippen LogP contribution in [0.5, 0.6) is 0 Å². The van der Waals surface area contributed by atoms with Crippen molar-refractivity contribution in [1.29, 1.82) is 0 Å². The van der Waals surface area contributed by atoms with Gasteiger partial charge < -0.3 is 10.1 Å². The van der Waals surface area contributed by atoms with Gasteiger partial charge in [0.2, 0.25) is 0 Å². The standard InChI is InChI=1S/C19H19NO3/c1-12-8-9-13(2)16(10-12)20-18(22)19(3)11-14-6-4-5-7-15(14)17(21)23-19/h4-10H,11H2,1-3H3,(H,20,22). The summed E-state index contributed by atoms with van der Waals surface area (Å²) >= 11 is 0. The van der Waals surface area contributed by atoms with Crippen LogP contribution in [0.25, 0.3) is 0 Å². The van der Waals surface area contributed by atoms with E-state index in [2.05, 4.69) is 5.32 Å². The quantitative estimate of drug-likeness (QED) is 0.865. The molecule has 4 heteroatoms. The highest BCUT2D eigenvalue weighted by Crippen LogP contribution is 2.29. The second-order valence-corrected chi connectivity index (χ2v) is 6.23. The van der Waals surface area contributed by atoms with Gasteiger partial charge in [0.25, 0.3) is 5.91 Å². The number of amides is 1. The molecule has 1 unspecified atom stereocenters. The van der Waals surface area contributed by atoms with E-state index >= 15 is 0 Å². The maximum Gasteiger partial charge on any atom is 0.339 e. The van der Waals surface area contributed by atoms with Crippen molar-refractivity contribution >= 4 is 17.6 Å². The van der Waals surface area contributed by atoms with Gasteiger partial charge in [-0.15, -0.1) is 0 Å². The largest absolute Gasteiger partial charge is 0.445 e. The Kier molecular flexibility index (Phi) is 3.68. The van der Waals surface area contributed by atoms with Crippen LogP contribution in [0.15, 0.2) is 42.5 Å². The van der Waals surface area contributed by atoms with E-state index < -0.39 is 11.6 Å². The maximum absolute atomic E-state index is 12.7. The molecule has 0 saturated heterocycles. The van der Waals surface area contributed by atoms with Gasteiger partial charge in [-0.05, 0) is 49.6 Å².